The quantitative estimate of drug-likeness (QED) is 0.0901. The molecular weight excluding hydrogens is 889 g/mol. The Labute approximate surface area is 430 Å². The SMILES string of the molecule is COc1cc(C(c2ccccc2)c2ccccc2)c(N2[CH]N(c3c(C(c4ccccc4)c4ccccc4)cc(OC)cc3C(c3ccccc3)c3ccccc3)C=C2)c(C(c2ccccc2)c2ccccc2)c1. The summed E-state index contributed by atoms with van der Waals surface area (Å²) in [4.78, 5) is 4.72. The minimum atomic E-state index is -0.150. The predicted molar refractivity (Wildman–Crippen MR) is 300 cm³/mol. The van der Waals surface area contributed by atoms with E-state index in [2.05, 4.69) is 296 Å². The maximum absolute atomic E-state index is 6.35. The van der Waals surface area contributed by atoms with Crippen LogP contribution >= 0.6 is 0 Å². The minimum Gasteiger partial charge on any atom is -0.497 e. The monoisotopic (exact) mass is 945 g/mol. The Kier molecular flexibility index (Phi) is 13.8. The van der Waals surface area contributed by atoms with Gasteiger partial charge in [0.1, 0.15) is 11.5 Å². The van der Waals surface area contributed by atoms with E-state index in [4.69, 9.17) is 9.47 Å². The summed E-state index contributed by atoms with van der Waals surface area (Å²) in [5.74, 6) is 0.990. The Bertz CT molecular complexity index is 2790. The molecule has 0 aromatic heterocycles. The van der Waals surface area contributed by atoms with E-state index in [1.54, 1.807) is 14.2 Å². The van der Waals surface area contributed by atoms with Crippen molar-refractivity contribution >= 4 is 11.4 Å². The van der Waals surface area contributed by atoms with Gasteiger partial charge in [0, 0.05) is 36.1 Å². The second-order valence-electron chi connectivity index (χ2n) is 18.6. The van der Waals surface area contributed by atoms with Crippen molar-refractivity contribution in [1.29, 1.82) is 0 Å². The van der Waals surface area contributed by atoms with Crippen molar-refractivity contribution in [2.24, 2.45) is 0 Å². The summed E-state index contributed by atoms with van der Waals surface area (Å²) in [6.45, 7) is 2.30. The van der Waals surface area contributed by atoms with Gasteiger partial charge in [-0.25, -0.2) is 0 Å². The lowest BCUT2D eigenvalue weighted by molar-refractivity contribution is 0.413. The fraction of sp³-hybridized carbons (Fsp3) is 0.0870. The molecule has 4 heteroatoms. The van der Waals surface area contributed by atoms with Crippen molar-refractivity contribution in [2.45, 2.75) is 23.7 Å². The highest BCUT2D eigenvalue weighted by Gasteiger charge is 2.36. The lowest BCUT2D eigenvalue weighted by Crippen LogP contribution is -2.25. The molecule has 1 heterocycles. The minimum absolute atomic E-state index is 0.150. The molecule has 4 nitrogen and oxygen atoms in total. The highest BCUT2D eigenvalue weighted by atomic mass is 16.5. The standard InChI is InChI=1S/C69H57N2O2/c1-72-58-45-60(64(50-27-11-3-12-28-50)51-29-13-4-14-30-51)68(61(46-58)65(52-31-15-5-16-32-52)53-33-17-6-18-34-53)70-43-44-71(49-70)69-62(66(54-35-19-7-20-36-54)55-37-21-8-22-38-55)47-59(73-2)48-63(69)67(56-39-23-9-24-40-56)57-41-25-10-26-42-57/h3-49,64-67H,1-2H3. The summed E-state index contributed by atoms with van der Waals surface area (Å²) in [6.07, 6.45) is 4.49. The zero-order chi connectivity index (χ0) is 49.3. The Morgan fingerprint density at radius 2 is 0.438 bits per heavy atom. The largest absolute Gasteiger partial charge is 0.497 e. The van der Waals surface area contributed by atoms with E-state index in [-0.39, 0.29) is 23.7 Å². The van der Waals surface area contributed by atoms with Crippen LogP contribution in [0.1, 0.15) is 90.4 Å². The molecule has 0 bridgehead atoms. The number of ether oxygens (including phenoxy) is 2. The first kappa shape index (κ1) is 46.5. The molecule has 0 atom stereocenters. The Morgan fingerprint density at radius 1 is 0.260 bits per heavy atom. The van der Waals surface area contributed by atoms with Crippen LogP contribution in [0.5, 0.6) is 11.5 Å². The number of anilines is 2. The summed E-state index contributed by atoms with van der Waals surface area (Å²) < 4.78 is 12.7. The predicted octanol–water partition coefficient (Wildman–Crippen LogP) is 16.3. The molecule has 0 spiro atoms. The summed E-state index contributed by atoms with van der Waals surface area (Å²) in [5, 5.41) is 0. The van der Waals surface area contributed by atoms with E-state index in [0.717, 1.165) is 45.1 Å². The number of hydrogen-bond acceptors (Lipinski definition) is 4. The number of nitrogens with zero attached hydrogens (tertiary/aromatic N) is 2. The van der Waals surface area contributed by atoms with Gasteiger partial charge in [0.15, 0.2) is 6.67 Å². The molecule has 1 radical (unpaired) electrons. The van der Waals surface area contributed by atoms with E-state index in [1.807, 2.05) is 0 Å². The van der Waals surface area contributed by atoms with Crippen molar-refractivity contribution in [3.8, 4) is 11.5 Å². The summed E-state index contributed by atoms with van der Waals surface area (Å²) in [7, 11) is 3.57. The summed E-state index contributed by atoms with van der Waals surface area (Å²) in [6, 6.07) is 96.1. The first-order chi connectivity index (χ1) is 36.2. The van der Waals surface area contributed by atoms with Crippen LogP contribution < -0.4 is 19.3 Å². The van der Waals surface area contributed by atoms with E-state index >= 15 is 0 Å². The molecular formula is C69H57N2O2. The van der Waals surface area contributed by atoms with Crippen LogP contribution in [-0.4, -0.2) is 14.2 Å². The van der Waals surface area contributed by atoms with Crippen molar-refractivity contribution in [3.05, 3.63) is 353 Å². The number of hydrogen-bond donors (Lipinski definition) is 0. The van der Waals surface area contributed by atoms with Gasteiger partial charge in [0.2, 0.25) is 0 Å². The van der Waals surface area contributed by atoms with Crippen molar-refractivity contribution < 1.29 is 9.47 Å². The van der Waals surface area contributed by atoms with Crippen LogP contribution in [-0.2, 0) is 0 Å². The van der Waals surface area contributed by atoms with Gasteiger partial charge < -0.3 is 19.3 Å². The Morgan fingerprint density at radius 3 is 0.603 bits per heavy atom. The number of rotatable bonds is 16. The topological polar surface area (TPSA) is 24.9 Å². The van der Waals surface area contributed by atoms with Crippen LogP contribution in [0, 0.1) is 6.67 Å². The average Bonchev–Trinajstić information content (AvgIpc) is 3.95. The zero-order valence-corrected chi connectivity index (χ0v) is 41.2. The Hall–Kier alpha value is -8.86. The third-order valence-electron chi connectivity index (χ3n) is 14.2. The van der Waals surface area contributed by atoms with Gasteiger partial charge in [-0.05, 0) is 91.0 Å². The second-order valence-corrected chi connectivity index (χ2v) is 18.6. The second kappa shape index (κ2) is 21.6. The lowest BCUT2D eigenvalue weighted by atomic mass is 9.78. The molecule has 0 amide bonds. The maximum Gasteiger partial charge on any atom is 0.150 e. The van der Waals surface area contributed by atoms with Gasteiger partial charge >= 0.3 is 0 Å². The Balaban J connectivity index is 1.19. The smallest absolute Gasteiger partial charge is 0.150 e. The van der Waals surface area contributed by atoms with Crippen molar-refractivity contribution in [2.75, 3.05) is 24.0 Å². The molecule has 1 aliphatic rings. The highest BCUT2D eigenvalue weighted by Crippen LogP contribution is 2.52. The van der Waals surface area contributed by atoms with Crippen LogP contribution in [0.15, 0.2) is 279 Å². The average molecular weight is 946 g/mol. The third-order valence-corrected chi connectivity index (χ3v) is 14.2. The van der Waals surface area contributed by atoms with E-state index in [1.165, 1.54) is 44.5 Å². The third kappa shape index (κ3) is 9.68. The fourth-order valence-electron chi connectivity index (χ4n) is 11.0. The zero-order valence-electron chi connectivity index (χ0n) is 41.2. The molecule has 0 saturated carbocycles. The van der Waals surface area contributed by atoms with Crippen molar-refractivity contribution in [3.63, 3.8) is 0 Å². The first-order valence-electron chi connectivity index (χ1n) is 25.1. The van der Waals surface area contributed by atoms with E-state index in [0.29, 0.717) is 0 Å². The molecule has 10 aromatic carbocycles. The first-order valence-corrected chi connectivity index (χ1v) is 25.1. The molecule has 0 fully saturated rings. The normalized spacial score (nSPS) is 12.3. The van der Waals surface area contributed by atoms with Gasteiger partial charge in [-0.2, -0.15) is 0 Å². The highest BCUT2D eigenvalue weighted by molar-refractivity contribution is 5.79. The molecule has 1 aliphatic heterocycles. The fourth-order valence-corrected chi connectivity index (χ4v) is 11.0. The van der Waals surface area contributed by atoms with Crippen LogP contribution in [0.3, 0.4) is 0 Å². The molecule has 0 saturated heterocycles. The molecule has 0 aliphatic carbocycles. The number of benzene rings is 10. The number of methoxy groups -OCH3 is 2. The van der Waals surface area contributed by atoms with Crippen molar-refractivity contribution in [1.82, 2.24) is 0 Å². The van der Waals surface area contributed by atoms with Crippen LogP contribution in [0.25, 0.3) is 0 Å². The van der Waals surface area contributed by atoms with Gasteiger partial charge in [-0.1, -0.05) is 243 Å². The maximum atomic E-state index is 6.35. The molecule has 10 aromatic rings. The molecule has 73 heavy (non-hydrogen) atoms. The van der Waals surface area contributed by atoms with E-state index < -0.39 is 0 Å². The van der Waals surface area contributed by atoms with E-state index in [9.17, 15) is 0 Å². The molecule has 11 rings (SSSR count). The lowest BCUT2D eigenvalue weighted by Gasteiger charge is -2.34. The van der Waals surface area contributed by atoms with Gasteiger partial charge in [-0.15, -0.1) is 0 Å². The van der Waals surface area contributed by atoms with Gasteiger partial charge in [0.05, 0.1) is 25.6 Å². The van der Waals surface area contributed by atoms with Crippen LogP contribution in [0.4, 0.5) is 11.4 Å². The molecule has 0 unspecified atom stereocenters. The summed E-state index contributed by atoms with van der Waals surface area (Å²) >= 11 is 0. The summed E-state index contributed by atoms with van der Waals surface area (Å²) in [5.41, 5.74) is 16.2. The molecule has 355 valence electrons. The van der Waals surface area contributed by atoms with Crippen LogP contribution in [0.2, 0.25) is 0 Å². The molecule has 0 N–H and O–H groups in total. The van der Waals surface area contributed by atoms with Gasteiger partial charge in [-0.3, -0.25) is 0 Å². The van der Waals surface area contributed by atoms with Gasteiger partial charge in [0.25, 0.3) is 0 Å².